The molecular formula is C22H40OSi2. The van der Waals surface area contributed by atoms with Gasteiger partial charge in [-0.25, -0.2) is 0 Å². The summed E-state index contributed by atoms with van der Waals surface area (Å²) in [4.78, 5) is 0. The molecule has 0 aliphatic rings. The van der Waals surface area contributed by atoms with Crippen LogP contribution in [0.1, 0.15) is 53.0 Å². The first-order valence-electron chi connectivity index (χ1n) is 9.82. The van der Waals surface area contributed by atoms with E-state index in [1.54, 1.807) is 0 Å². The lowest BCUT2D eigenvalue weighted by Crippen LogP contribution is -2.48. The fourth-order valence-electron chi connectivity index (χ4n) is 4.33. The molecule has 0 spiro atoms. The fraction of sp³-hybridized carbons (Fsp3) is 0.636. The van der Waals surface area contributed by atoms with E-state index in [2.05, 4.69) is 98.1 Å². The van der Waals surface area contributed by atoms with Crippen molar-refractivity contribution < 1.29 is 4.43 Å². The molecule has 0 saturated heterocycles. The summed E-state index contributed by atoms with van der Waals surface area (Å²) in [6.07, 6.45) is 0. The van der Waals surface area contributed by atoms with Gasteiger partial charge in [-0.05, 0) is 22.2 Å². The third-order valence-corrected chi connectivity index (χ3v) is 14.1. The van der Waals surface area contributed by atoms with Gasteiger partial charge < -0.3 is 4.43 Å². The molecule has 1 rings (SSSR count). The maximum Gasteiger partial charge on any atom is 0.200 e. The summed E-state index contributed by atoms with van der Waals surface area (Å²) in [6.45, 7) is 26.6. The third-order valence-electron chi connectivity index (χ3n) is 5.79. The Hall–Kier alpha value is -0.646. The van der Waals surface area contributed by atoms with E-state index >= 15 is 0 Å². The molecule has 1 aromatic carbocycles. The van der Waals surface area contributed by atoms with Crippen molar-refractivity contribution >= 4 is 16.4 Å². The highest BCUT2D eigenvalue weighted by Gasteiger charge is 2.45. The van der Waals surface area contributed by atoms with Crippen LogP contribution in [0.5, 0.6) is 0 Å². The van der Waals surface area contributed by atoms with Gasteiger partial charge in [0.25, 0.3) is 0 Å². The van der Waals surface area contributed by atoms with Gasteiger partial charge in [-0.1, -0.05) is 96.7 Å². The van der Waals surface area contributed by atoms with Crippen LogP contribution < -0.4 is 0 Å². The van der Waals surface area contributed by atoms with Crippen LogP contribution in [-0.2, 0) is 4.43 Å². The van der Waals surface area contributed by atoms with Crippen molar-refractivity contribution in [1.29, 1.82) is 0 Å². The van der Waals surface area contributed by atoms with E-state index < -0.39 is 16.4 Å². The van der Waals surface area contributed by atoms with E-state index in [0.717, 1.165) is 6.61 Å². The molecule has 0 saturated carbocycles. The summed E-state index contributed by atoms with van der Waals surface area (Å²) < 4.78 is 6.95. The fourth-order valence-corrected chi connectivity index (χ4v) is 11.1. The Kier molecular flexibility index (Phi) is 7.91. The average molecular weight is 377 g/mol. The molecule has 1 unspecified atom stereocenters. The molecule has 0 aromatic heterocycles. The quantitative estimate of drug-likeness (QED) is 0.408. The maximum absolute atomic E-state index is 6.95. The highest BCUT2D eigenvalue weighted by molar-refractivity contribution is 6.83. The standard InChI is InChI=1S/C22H40OSi2/c1-17(2)25(18(3)4,19(5)6)23-16-22(20(7)24(8,9)10)21-14-12-11-13-15-21/h11-15,17-19,22H,7,16H2,1-6,8-10H3. The Bertz CT molecular complexity index is 519. The zero-order valence-corrected chi connectivity index (χ0v) is 20.0. The lowest BCUT2D eigenvalue weighted by Gasteiger charge is -2.43. The van der Waals surface area contributed by atoms with Crippen LogP contribution in [0.25, 0.3) is 0 Å². The summed E-state index contributed by atoms with van der Waals surface area (Å²) in [7, 11) is -3.30. The molecule has 0 amide bonds. The van der Waals surface area contributed by atoms with Crippen LogP contribution in [0.15, 0.2) is 42.1 Å². The minimum absolute atomic E-state index is 0.316. The summed E-state index contributed by atoms with van der Waals surface area (Å²) >= 11 is 0. The normalized spacial score (nSPS) is 14.4. The molecule has 0 heterocycles. The van der Waals surface area contributed by atoms with E-state index in [1.807, 2.05) is 0 Å². The van der Waals surface area contributed by atoms with Crippen molar-refractivity contribution in [3.63, 3.8) is 0 Å². The van der Waals surface area contributed by atoms with E-state index in [4.69, 9.17) is 4.43 Å². The first kappa shape index (κ1) is 22.4. The number of rotatable bonds is 9. The Morgan fingerprint density at radius 2 is 1.32 bits per heavy atom. The molecule has 1 nitrogen and oxygen atoms in total. The van der Waals surface area contributed by atoms with Crippen LogP contribution in [-0.4, -0.2) is 23.0 Å². The largest absolute Gasteiger partial charge is 0.415 e. The summed E-state index contributed by atoms with van der Waals surface area (Å²) in [5, 5.41) is 1.40. The van der Waals surface area contributed by atoms with Crippen molar-refractivity contribution in [3.05, 3.63) is 47.7 Å². The van der Waals surface area contributed by atoms with Gasteiger partial charge in [0.15, 0.2) is 8.32 Å². The van der Waals surface area contributed by atoms with E-state index in [-0.39, 0.29) is 0 Å². The van der Waals surface area contributed by atoms with Gasteiger partial charge in [-0.15, -0.1) is 6.58 Å². The van der Waals surface area contributed by atoms with Gasteiger partial charge in [0.05, 0.1) is 8.07 Å². The van der Waals surface area contributed by atoms with Crippen LogP contribution in [0, 0.1) is 0 Å². The average Bonchev–Trinajstić information content (AvgIpc) is 2.50. The number of hydrogen-bond donors (Lipinski definition) is 0. The van der Waals surface area contributed by atoms with Gasteiger partial charge in [0.2, 0.25) is 0 Å². The molecule has 0 bridgehead atoms. The molecule has 0 N–H and O–H groups in total. The van der Waals surface area contributed by atoms with E-state index in [9.17, 15) is 0 Å². The Labute approximate surface area is 159 Å². The molecule has 0 aliphatic carbocycles. The second-order valence-corrected chi connectivity index (χ2v) is 20.0. The predicted molar refractivity (Wildman–Crippen MR) is 119 cm³/mol. The minimum Gasteiger partial charge on any atom is -0.415 e. The molecule has 25 heavy (non-hydrogen) atoms. The van der Waals surface area contributed by atoms with Crippen molar-refractivity contribution in [2.24, 2.45) is 0 Å². The molecule has 142 valence electrons. The molecule has 1 aromatic rings. The van der Waals surface area contributed by atoms with Crippen molar-refractivity contribution in [3.8, 4) is 0 Å². The van der Waals surface area contributed by atoms with E-state index in [1.165, 1.54) is 10.8 Å². The second-order valence-electron chi connectivity index (χ2n) is 9.37. The van der Waals surface area contributed by atoms with Crippen molar-refractivity contribution in [1.82, 2.24) is 0 Å². The minimum atomic E-state index is -1.85. The zero-order valence-electron chi connectivity index (χ0n) is 18.0. The van der Waals surface area contributed by atoms with Gasteiger partial charge in [0, 0.05) is 12.5 Å². The summed E-state index contributed by atoms with van der Waals surface area (Å²) in [6, 6.07) is 10.8. The van der Waals surface area contributed by atoms with Crippen LogP contribution >= 0.6 is 0 Å². The van der Waals surface area contributed by atoms with Crippen LogP contribution in [0.4, 0.5) is 0 Å². The predicted octanol–water partition coefficient (Wildman–Crippen LogP) is 7.40. The molecule has 3 heteroatoms. The lowest BCUT2D eigenvalue weighted by atomic mass is 10.0. The molecule has 0 radical (unpaired) electrons. The Balaban J connectivity index is 3.20. The highest BCUT2D eigenvalue weighted by Crippen LogP contribution is 2.43. The number of benzene rings is 1. The second kappa shape index (κ2) is 8.83. The zero-order chi connectivity index (χ0) is 19.4. The third kappa shape index (κ3) is 5.18. The van der Waals surface area contributed by atoms with Gasteiger partial charge in [-0.2, -0.15) is 0 Å². The van der Waals surface area contributed by atoms with Crippen molar-refractivity contribution in [2.75, 3.05) is 6.61 Å². The summed E-state index contributed by atoms with van der Waals surface area (Å²) in [5.74, 6) is 0.316. The van der Waals surface area contributed by atoms with Crippen LogP contribution in [0.2, 0.25) is 36.3 Å². The van der Waals surface area contributed by atoms with Gasteiger partial charge in [0.1, 0.15) is 0 Å². The highest BCUT2D eigenvalue weighted by atomic mass is 28.4. The lowest BCUT2D eigenvalue weighted by molar-refractivity contribution is 0.266. The molecular weight excluding hydrogens is 336 g/mol. The van der Waals surface area contributed by atoms with Gasteiger partial charge >= 0.3 is 0 Å². The topological polar surface area (TPSA) is 9.23 Å². The SMILES string of the molecule is C=C(C(CO[Si](C(C)C)(C(C)C)C(C)C)c1ccccc1)[Si](C)(C)C. The Morgan fingerprint density at radius 1 is 0.880 bits per heavy atom. The van der Waals surface area contributed by atoms with E-state index in [0.29, 0.717) is 22.5 Å². The summed E-state index contributed by atoms with van der Waals surface area (Å²) in [5.41, 5.74) is 3.20. The molecule has 0 fully saturated rings. The van der Waals surface area contributed by atoms with Crippen molar-refractivity contribution in [2.45, 2.75) is 83.7 Å². The first-order valence-corrected chi connectivity index (χ1v) is 15.5. The maximum atomic E-state index is 6.95. The Morgan fingerprint density at radius 3 is 1.68 bits per heavy atom. The molecule has 1 atom stereocenters. The van der Waals surface area contributed by atoms with Gasteiger partial charge in [-0.3, -0.25) is 0 Å². The van der Waals surface area contributed by atoms with Crippen LogP contribution in [0.3, 0.4) is 0 Å². The smallest absolute Gasteiger partial charge is 0.200 e. The first-order chi connectivity index (χ1) is 11.4. The number of hydrogen-bond acceptors (Lipinski definition) is 1. The monoisotopic (exact) mass is 376 g/mol. The molecule has 0 aliphatic heterocycles.